The minimum atomic E-state index is -1.00. The molecule has 3 aromatic rings. The monoisotopic (exact) mass is 541 g/mol. The number of carboxylic acids is 1. The van der Waals surface area contributed by atoms with Gasteiger partial charge in [-0.3, -0.25) is 14.0 Å². The summed E-state index contributed by atoms with van der Waals surface area (Å²) in [6.45, 7) is 11.5. The molecule has 3 aromatic carbocycles. The van der Waals surface area contributed by atoms with Gasteiger partial charge in [0, 0.05) is 0 Å². The number of ether oxygens (including phenoxy) is 1. The third kappa shape index (κ3) is 10.8. The molecule has 212 valence electrons. The molecule has 0 aliphatic rings. The summed E-state index contributed by atoms with van der Waals surface area (Å²) in [7, 11) is -1.00. The molecule has 0 aliphatic heterocycles. The lowest BCUT2D eigenvalue weighted by molar-refractivity contribution is -0.149. The molecule has 2 atom stereocenters. The molecule has 0 bridgehead atoms. The van der Waals surface area contributed by atoms with Crippen molar-refractivity contribution in [2.45, 2.75) is 61.0 Å². The standard InChI is InChI=1S/C19H22O3.C12H16O3.CH3F/c1-13-9-17(20)10-14(2)18(13)11-15(3)19(21)22-12-16-7-5-4-6-8-16;1-7-4-10(13)5-8(2)11(7)6-9(3)12(14)15;1-2/h4-10,15,20H,11-12H2,1-3H3;4-5,9,13H,6H2,1-3H3,(H,14,15);1H3/i;;1D. The minimum Gasteiger partial charge on any atom is -0.508 e. The third-order valence-electron chi connectivity index (χ3n) is 6.43. The van der Waals surface area contributed by atoms with Crippen LogP contribution in [0, 0.1) is 39.5 Å². The van der Waals surface area contributed by atoms with E-state index in [0.717, 1.165) is 38.9 Å². The highest BCUT2D eigenvalue weighted by molar-refractivity contribution is 5.72. The van der Waals surface area contributed by atoms with Gasteiger partial charge in [0.1, 0.15) is 18.1 Å². The van der Waals surface area contributed by atoms with Crippen molar-refractivity contribution < 1.29 is 35.4 Å². The third-order valence-corrected chi connectivity index (χ3v) is 6.43. The van der Waals surface area contributed by atoms with E-state index in [1.165, 1.54) is 0 Å². The summed E-state index contributed by atoms with van der Waals surface area (Å²) in [5.74, 6) is -1.11. The number of phenolic OH excluding ortho intramolecular Hbond substituents is 2. The molecular formula is C32H41FO6. The first-order valence-electron chi connectivity index (χ1n) is 13.4. The first kappa shape index (κ1) is 31.3. The van der Waals surface area contributed by atoms with Crippen LogP contribution in [0.4, 0.5) is 4.39 Å². The van der Waals surface area contributed by atoms with Crippen LogP contribution in [0.1, 0.15) is 54.2 Å². The van der Waals surface area contributed by atoms with Crippen LogP contribution in [0.25, 0.3) is 0 Å². The lowest BCUT2D eigenvalue weighted by Crippen LogP contribution is -2.18. The Morgan fingerprint density at radius 2 is 1.21 bits per heavy atom. The number of rotatable bonds is 8. The van der Waals surface area contributed by atoms with Gasteiger partial charge in [-0.1, -0.05) is 44.2 Å². The summed E-state index contributed by atoms with van der Waals surface area (Å²) in [6.07, 6.45) is 1.12. The molecule has 0 saturated heterocycles. The topological polar surface area (TPSA) is 104 Å². The maximum absolute atomic E-state index is 12.1. The fourth-order valence-corrected chi connectivity index (χ4v) is 4.24. The van der Waals surface area contributed by atoms with Gasteiger partial charge in [0.05, 0.1) is 20.4 Å². The number of aromatic hydroxyl groups is 2. The minimum absolute atomic E-state index is 0.198. The number of benzene rings is 3. The SMILES string of the molecule is Cc1cc(O)cc(C)c1CC(C)C(=O)O.Cc1cc(O)cc(C)c1CC(C)C(=O)OCc1ccccc1.[2H]CF. The van der Waals surface area contributed by atoms with Gasteiger partial charge in [-0.25, -0.2) is 0 Å². The molecule has 6 nitrogen and oxygen atoms in total. The molecule has 0 aliphatic carbocycles. The van der Waals surface area contributed by atoms with Crippen LogP contribution in [-0.4, -0.2) is 34.4 Å². The Hall–Kier alpha value is -3.87. The Balaban J connectivity index is 0.000000386. The van der Waals surface area contributed by atoms with E-state index in [0.29, 0.717) is 19.4 Å². The fraction of sp³-hybridized carbons (Fsp3) is 0.375. The second kappa shape index (κ2) is 16.2. The quantitative estimate of drug-likeness (QED) is 0.271. The largest absolute Gasteiger partial charge is 0.508 e. The van der Waals surface area contributed by atoms with Gasteiger partial charge in [-0.2, -0.15) is 0 Å². The van der Waals surface area contributed by atoms with Gasteiger partial charge in [0.15, 0.2) is 0 Å². The van der Waals surface area contributed by atoms with E-state index >= 15 is 0 Å². The number of carbonyl (C=O) groups is 2. The molecule has 2 unspecified atom stereocenters. The maximum Gasteiger partial charge on any atom is 0.309 e. The van der Waals surface area contributed by atoms with Crippen LogP contribution < -0.4 is 0 Å². The van der Waals surface area contributed by atoms with Crippen molar-refractivity contribution in [2.24, 2.45) is 11.8 Å². The Kier molecular flexibility index (Phi) is 13.0. The van der Waals surface area contributed by atoms with Crippen LogP contribution in [0.2, 0.25) is 0 Å². The van der Waals surface area contributed by atoms with Gasteiger partial charge in [-0.05, 0) is 104 Å². The molecule has 0 aromatic heterocycles. The Morgan fingerprint density at radius 3 is 1.59 bits per heavy atom. The molecule has 3 rings (SSSR count). The van der Waals surface area contributed by atoms with Crippen LogP contribution in [-0.2, 0) is 33.8 Å². The van der Waals surface area contributed by atoms with Crippen molar-refractivity contribution in [1.82, 2.24) is 0 Å². The van der Waals surface area contributed by atoms with E-state index in [1.807, 2.05) is 65.0 Å². The van der Waals surface area contributed by atoms with Crippen molar-refractivity contribution in [3.05, 3.63) is 93.5 Å². The number of aliphatic carboxylic acids is 1. The summed E-state index contributed by atoms with van der Waals surface area (Å²) in [4.78, 5) is 22.9. The fourth-order valence-electron chi connectivity index (χ4n) is 4.24. The molecule has 39 heavy (non-hydrogen) atoms. The van der Waals surface area contributed by atoms with Gasteiger partial charge in [0.2, 0.25) is 0 Å². The highest BCUT2D eigenvalue weighted by atomic mass is 19.1. The van der Waals surface area contributed by atoms with Crippen molar-refractivity contribution in [3.8, 4) is 11.5 Å². The molecule has 7 heteroatoms. The van der Waals surface area contributed by atoms with Crippen molar-refractivity contribution >= 4 is 11.9 Å². The average molecular weight is 542 g/mol. The zero-order valence-corrected chi connectivity index (χ0v) is 23.6. The van der Waals surface area contributed by atoms with E-state index in [4.69, 9.17) is 11.2 Å². The molecule has 0 fully saturated rings. The molecule has 0 amide bonds. The van der Waals surface area contributed by atoms with Crippen LogP contribution >= 0.6 is 0 Å². The van der Waals surface area contributed by atoms with Crippen LogP contribution in [0.15, 0.2) is 54.6 Å². The molecule has 3 N–H and O–H groups in total. The highest BCUT2D eigenvalue weighted by Crippen LogP contribution is 2.24. The number of aryl methyl sites for hydroxylation is 4. The zero-order valence-electron chi connectivity index (χ0n) is 24.6. The highest BCUT2D eigenvalue weighted by Gasteiger charge is 2.18. The Bertz CT molecular complexity index is 1200. The second-order valence-corrected chi connectivity index (χ2v) is 9.76. The van der Waals surface area contributed by atoms with E-state index in [-0.39, 0.29) is 23.4 Å². The Morgan fingerprint density at radius 1 is 0.821 bits per heavy atom. The van der Waals surface area contributed by atoms with E-state index < -0.39 is 19.0 Å². The number of phenols is 2. The molecule has 0 saturated carbocycles. The number of carbonyl (C=O) groups excluding carboxylic acids is 1. The van der Waals surface area contributed by atoms with Crippen LogP contribution in [0.5, 0.6) is 11.5 Å². The maximum atomic E-state index is 12.1. The number of carboxylic acid groups (broad SMARTS) is 1. The second-order valence-electron chi connectivity index (χ2n) is 9.76. The van der Waals surface area contributed by atoms with Crippen molar-refractivity contribution in [2.75, 3.05) is 7.15 Å². The summed E-state index contributed by atoms with van der Waals surface area (Å²) in [5.41, 5.74) is 6.99. The first-order valence-corrected chi connectivity index (χ1v) is 12.7. The summed E-state index contributed by atoms with van der Waals surface area (Å²) >= 11 is 0. The molecule has 0 radical (unpaired) electrons. The van der Waals surface area contributed by atoms with E-state index in [2.05, 4.69) is 0 Å². The number of halogens is 1. The first-order chi connectivity index (χ1) is 18.8. The predicted molar refractivity (Wildman–Crippen MR) is 152 cm³/mol. The number of alkyl halides is 1. The molecular weight excluding hydrogens is 499 g/mol. The van der Waals surface area contributed by atoms with Gasteiger partial charge < -0.3 is 20.1 Å². The Labute approximate surface area is 232 Å². The predicted octanol–water partition coefficient (Wildman–Crippen LogP) is 6.79. The van der Waals surface area contributed by atoms with E-state index in [1.54, 1.807) is 31.2 Å². The molecule has 0 spiro atoms. The van der Waals surface area contributed by atoms with Gasteiger partial charge in [0.25, 0.3) is 0 Å². The number of hydrogen-bond acceptors (Lipinski definition) is 5. The smallest absolute Gasteiger partial charge is 0.309 e. The summed E-state index contributed by atoms with van der Waals surface area (Å²) < 4.78 is 20.9. The molecule has 0 heterocycles. The summed E-state index contributed by atoms with van der Waals surface area (Å²) in [5, 5.41) is 27.8. The van der Waals surface area contributed by atoms with Crippen molar-refractivity contribution in [1.29, 1.82) is 0 Å². The van der Waals surface area contributed by atoms with Crippen molar-refractivity contribution in [3.63, 3.8) is 0 Å². The van der Waals surface area contributed by atoms with Gasteiger partial charge >= 0.3 is 11.9 Å². The lowest BCUT2D eigenvalue weighted by atomic mass is 9.93. The van der Waals surface area contributed by atoms with Gasteiger partial charge in [-0.15, -0.1) is 0 Å². The van der Waals surface area contributed by atoms with Crippen LogP contribution in [0.3, 0.4) is 0 Å². The zero-order chi connectivity index (χ0) is 30.4. The number of esters is 1. The van der Waals surface area contributed by atoms with E-state index in [9.17, 15) is 24.2 Å². The average Bonchev–Trinajstić information content (AvgIpc) is 2.88. The lowest BCUT2D eigenvalue weighted by Gasteiger charge is -2.15. The number of hydrogen-bond donors (Lipinski definition) is 3. The summed E-state index contributed by atoms with van der Waals surface area (Å²) in [6, 6.07) is 16.4. The normalized spacial score (nSPS) is 12.0.